The van der Waals surface area contributed by atoms with Crippen molar-refractivity contribution >= 4 is 29.1 Å². The third-order valence-corrected chi connectivity index (χ3v) is 2.74. The van der Waals surface area contributed by atoms with Gasteiger partial charge in [0.1, 0.15) is 6.54 Å². The third-order valence-electron chi connectivity index (χ3n) is 2.74. The van der Waals surface area contributed by atoms with Crippen molar-refractivity contribution in [3.63, 3.8) is 0 Å². The summed E-state index contributed by atoms with van der Waals surface area (Å²) in [7, 11) is 0. The first-order valence-electron chi connectivity index (χ1n) is 6.71. The molecule has 0 aliphatic heterocycles. The lowest BCUT2D eigenvalue weighted by Gasteiger charge is -2.07. The fourth-order valence-corrected chi connectivity index (χ4v) is 1.72. The molecule has 1 aromatic heterocycles. The zero-order valence-corrected chi connectivity index (χ0v) is 12.2. The van der Waals surface area contributed by atoms with Gasteiger partial charge in [-0.1, -0.05) is 18.0 Å². The van der Waals surface area contributed by atoms with Crippen LogP contribution in [0.4, 0.5) is 17.3 Å². The first-order valence-corrected chi connectivity index (χ1v) is 6.71. The number of benzene rings is 1. The van der Waals surface area contributed by atoms with E-state index < -0.39 is 16.8 Å². The smallest absolute Gasteiger partial charge is 0.390 e. The molecular weight excluding hydrogens is 304 g/mol. The Labute approximate surface area is 130 Å². The van der Waals surface area contributed by atoms with Crippen LogP contribution in [0, 0.1) is 10.1 Å². The van der Waals surface area contributed by atoms with Gasteiger partial charge in [0, 0.05) is 22.9 Å². The zero-order valence-electron chi connectivity index (χ0n) is 12.2. The van der Waals surface area contributed by atoms with Crippen LogP contribution in [-0.2, 0) is 16.1 Å². The van der Waals surface area contributed by atoms with Gasteiger partial charge in [-0.25, -0.2) is 0 Å². The highest BCUT2D eigenvalue weighted by atomic mass is 16.6. The molecule has 2 N–H and O–H groups in total. The highest BCUT2D eigenvalue weighted by molar-refractivity contribution is 5.93. The van der Waals surface area contributed by atoms with Crippen molar-refractivity contribution in [1.82, 2.24) is 14.8 Å². The Bertz CT molecular complexity index is 742. The summed E-state index contributed by atoms with van der Waals surface area (Å²) in [5.74, 6) is -1.13. The van der Waals surface area contributed by atoms with Crippen molar-refractivity contribution in [2.75, 3.05) is 10.6 Å². The van der Waals surface area contributed by atoms with E-state index in [9.17, 15) is 19.7 Å². The Balaban J connectivity index is 1.98. The third kappa shape index (κ3) is 4.59. The lowest BCUT2D eigenvalue weighted by Crippen LogP contribution is -2.19. The van der Waals surface area contributed by atoms with E-state index in [1.54, 1.807) is 31.2 Å². The lowest BCUT2D eigenvalue weighted by molar-refractivity contribution is -0.394. The molecule has 0 fully saturated rings. The summed E-state index contributed by atoms with van der Waals surface area (Å²) >= 11 is 0. The summed E-state index contributed by atoms with van der Waals surface area (Å²) in [6.45, 7) is 1.52. The second-order valence-electron chi connectivity index (χ2n) is 4.53. The van der Waals surface area contributed by atoms with E-state index in [-0.39, 0.29) is 12.5 Å². The Kier molecular flexibility index (Phi) is 4.97. The Morgan fingerprint density at radius 1 is 1.26 bits per heavy atom. The number of nitro groups is 1. The fourth-order valence-electron chi connectivity index (χ4n) is 1.72. The predicted octanol–water partition coefficient (Wildman–Crippen LogP) is 1.17. The van der Waals surface area contributed by atoms with Crippen LogP contribution in [0.5, 0.6) is 0 Å². The standard InChI is InChI=1S/C13H14N6O4/c1-2-11(20)15-9-4-3-5-10(6-9)16-12(21)7-18-8-14-13(17-18)19(22)23/h3-6,8H,2,7H2,1H3,(H,15,20)(H,16,21). The minimum Gasteiger partial charge on any atom is -0.390 e. The number of hydrogen-bond donors (Lipinski definition) is 2. The SMILES string of the molecule is CCC(=O)Nc1cccc(NC(=O)Cn2cnc([N+](=O)[O-])n2)c1. The van der Waals surface area contributed by atoms with E-state index in [1.165, 1.54) is 0 Å². The second kappa shape index (κ2) is 7.11. The van der Waals surface area contributed by atoms with Gasteiger partial charge < -0.3 is 20.7 Å². The molecule has 0 bridgehead atoms. The molecule has 2 rings (SSSR count). The fraction of sp³-hybridized carbons (Fsp3) is 0.231. The number of aromatic nitrogens is 3. The van der Waals surface area contributed by atoms with Gasteiger partial charge in [-0.15, -0.1) is 0 Å². The molecule has 2 aromatic rings. The van der Waals surface area contributed by atoms with Crippen molar-refractivity contribution in [3.8, 4) is 0 Å². The number of anilines is 2. The van der Waals surface area contributed by atoms with Crippen molar-refractivity contribution in [3.05, 3.63) is 40.7 Å². The minimum atomic E-state index is -0.742. The molecule has 0 aliphatic rings. The predicted molar refractivity (Wildman–Crippen MR) is 80.7 cm³/mol. The van der Waals surface area contributed by atoms with Gasteiger partial charge in [0.25, 0.3) is 0 Å². The number of rotatable bonds is 6. The second-order valence-corrected chi connectivity index (χ2v) is 4.53. The summed E-state index contributed by atoms with van der Waals surface area (Å²) in [4.78, 5) is 36.4. The number of hydrogen-bond acceptors (Lipinski definition) is 6. The van der Waals surface area contributed by atoms with Crippen LogP contribution < -0.4 is 10.6 Å². The van der Waals surface area contributed by atoms with Gasteiger partial charge in [-0.2, -0.15) is 4.68 Å². The van der Waals surface area contributed by atoms with Crippen molar-refractivity contribution in [1.29, 1.82) is 0 Å². The summed E-state index contributed by atoms with van der Waals surface area (Å²) in [6.07, 6.45) is 1.46. The van der Waals surface area contributed by atoms with E-state index >= 15 is 0 Å². The van der Waals surface area contributed by atoms with E-state index in [0.29, 0.717) is 17.8 Å². The van der Waals surface area contributed by atoms with Crippen LogP contribution in [0.15, 0.2) is 30.6 Å². The molecule has 0 saturated carbocycles. The Morgan fingerprint density at radius 3 is 2.48 bits per heavy atom. The highest BCUT2D eigenvalue weighted by Crippen LogP contribution is 2.15. The average Bonchev–Trinajstić information content (AvgIpc) is 2.96. The number of amides is 2. The van der Waals surface area contributed by atoms with E-state index in [4.69, 9.17) is 0 Å². The Morgan fingerprint density at radius 2 is 1.91 bits per heavy atom. The maximum Gasteiger partial charge on any atom is 0.490 e. The molecule has 1 aromatic carbocycles. The van der Waals surface area contributed by atoms with E-state index in [0.717, 1.165) is 11.0 Å². The van der Waals surface area contributed by atoms with Gasteiger partial charge in [0.15, 0.2) is 0 Å². The van der Waals surface area contributed by atoms with Crippen LogP contribution in [0.1, 0.15) is 13.3 Å². The zero-order chi connectivity index (χ0) is 16.8. The molecule has 0 aliphatic carbocycles. The molecule has 10 heteroatoms. The molecule has 0 unspecified atom stereocenters. The van der Waals surface area contributed by atoms with Crippen LogP contribution in [0.3, 0.4) is 0 Å². The molecule has 23 heavy (non-hydrogen) atoms. The maximum absolute atomic E-state index is 11.9. The van der Waals surface area contributed by atoms with Crippen LogP contribution in [-0.4, -0.2) is 31.5 Å². The van der Waals surface area contributed by atoms with E-state index in [1.807, 2.05) is 0 Å². The molecule has 120 valence electrons. The molecule has 0 saturated heterocycles. The van der Waals surface area contributed by atoms with Gasteiger partial charge in [-0.3, -0.25) is 9.59 Å². The van der Waals surface area contributed by atoms with Gasteiger partial charge in [0.05, 0.1) is 0 Å². The van der Waals surface area contributed by atoms with Crippen molar-refractivity contribution in [2.45, 2.75) is 19.9 Å². The van der Waals surface area contributed by atoms with Crippen LogP contribution in [0.25, 0.3) is 0 Å². The summed E-state index contributed by atoms with van der Waals surface area (Å²) in [5, 5.41) is 19.3. The Hall–Kier alpha value is -3.30. The van der Waals surface area contributed by atoms with Crippen molar-refractivity contribution < 1.29 is 14.5 Å². The van der Waals surface area contributed by atoms with Gasteiger partial charge in [-0.05, 0) is 23.1 Å². The maximum atomic E-state index is 11.9. The monoisotopic (exact) mass is 318 g/mol. The first kappa shape index (κ1) is 16.1. The average molecular weight is 318 g/mol. The minimum absolute atomic E-state index is 0.136. The number of nitrogens with zero attached hydrogens (tertiary/aromatic N) is 4. The summed E-state index contributed by atoms with van der Waals surface area (Å²) in [6, 6.07) is 6.64. The van der Waals surface area contributed by atoms with Crippen LogP contribution >= 0.6 is 0 Å². The molecule has 0 atom stereocenters. The lowest BCUT2D eigenvalue weighted by atomic mass is 10.2. The molecule has 0 spiro atoms. The largest absolute Gasteiger partial charge is 0.490 e. The molecule has 10 nitrogen and oxygen atoms in total. The molecular formula is C13H14N6O4. The van der Waals surface area contributed by atoms with Gasteiger partial charge >= 0.3 is 5.95 Å². The summed E-state index contributed by atoms with van der Waals surface area (Å²) in [5.41, 5.74) is 1.05. The highest BCUT2D eigenvalue weighted by Gasteiger charge is 2.15. The first-order chi connectivity index (χ1) is 11.0. The van der Waals surface area contributed by atoms with E-state index in [2.05, 4.69) is 20.7 Å². The topological polar surface area (TPSA) is 132 Å². The van der Waals surface area contributed by atoms with Crippen LogP contribution in [0.2, 0.25) is 0 Å². The number of carbonyl (C=O) groups is 2. The normalized spacial score (nSPS) is 10.1. The number of carbonyl (C=O) groups excluding carboxylic acids is 2. The summed E-state index contributed by atoms with van der Waals surface area (Å²) < 4.78 is 1.07. The molecule has 0 radical (unpaired) electrons. The molecule has 2 amide bonds. The van der Waals surface area contributed by atoms with Crippen molar-refractivity contribution in [2.24, 2.45) is 0 Å². The molecule has 1 heterocycles. The van der Waals surface area contributed by atoms with Gasteiger partial charge in [0.2, 0.25) is 18.1 Å². The number of nitrogens with one attached hydrogen (secondary N) is 2. The quantitative estimate of drug-likeness (QED) is 0.607.